The van der Waals surface area contributed by atoms with Gasteiger partial charge in [-0.25, -0.2) is 0 Å². The van der Waals surface area contributed by atoms with Gasteiger partial charge >= 0.3 is 0 Å². The predicted molar refractivity (Wildman–Crippen MR) is 91.7 cm³/mol. The number of carbonyl (C=O) groups is 1. The number of fused-ring (bicyclic) bond motifs is 1. The summed E-state index contributed by atoms with van der Waals surface area (Å²) in [6.45, 7) is 4.37. The molecule has 3 rings (SSSR count). The first-order chi connectivity index (χ1) is 11.1. The maximum Gasteiger partial charge on any atom is 0.258 e. The van der Waals surface area contributed by atoms with Crippen LogP contribution in [0.2, 0.25) is 0 Å². The lowest BCUT2D eigenvalue weighted by Crippen LogP contribution is -2.31. The Morgan fingerprint density at radius 2 is 1.91 bits per heavy atom. The van der Waals surface area contributed by atoms with Crippen molar-refractivity contribution in [2.75, 3.05) is 6.61 Å². The Labute approximate surface area is 137 Å². The van der Waals surface area contributed by atoms with Crippen molar-refractivity contribution in [2.24, 2.45) is 0 Å². The van der Waals surface area contributed by atoms with Gasteiger partial charge in [-0.15, -0.1) is 0 Å². The molecule has 0 aromatic heterocycles. The third-order valence-corrected chi connectivity index (χ3v) is 4.38. The minimum absolute atomic E-state index is 0.0553. The monoisotopic (exact) mass is 309 g/mol. The molecule has 1 amide bonds. The van der Waals surface area contributed by atoms with E-state index in [1.54, 1.807) is 0 Å². The van der Waals surface area contributed by atoms with Gasteiger partial charge in [0.2, 0.25) is 0 Å². The molecule has 0 saturated heterocycles. The summed E-state index contributed by atoms with van der Waals surface area (Å²) in [6, 6.07) is 16.4. The van der Waals surface area contributed by atoms with Crippen molar-refractivity contribution >= 4 is 5.91 Å². The van der Waals surface area contributed by atoms with Crippen molar-refractivity contribution in [2.45, 2.75) is 38.6 Å². The molecule has 0 aliphatic heterocycles. The molecule has 1 N–H and O–H groups in total. The van der Waals surface area contributed by atoms with Crippen LogP contribution in [-0.2, 0) is 11.2 Å². The molecule has 0 saturated carbocycles. The molecule has 2 aromatic carbocycles. The van der Waals surface area contributed by atoms with Crippen molar-refractivity contribution in [3.8, 4) is 5.75 Å². The number of carbonyl (C=O) groups excluding carboxylic acids is 1. The third-order valence-electron chi connectivity index (χ3n) is 4.38. The van der Waals surface area contributed by atoms with Crippen LogP contribution in [0.1, 0.15) is 48.9 Å². The van der Waals surface area contributed by atoms with E-state index < -0.39 is 0 Å². The van der Waals surface area contributed by atoms with Crippen LogP contribution in [0.15, 0.2) is 48.5 Å². The summed E-state index contributed by atoms with van der Waals surface area (Å²) in [5, 5.41) is 3.07. The first kappa shape index (κ1) is 15.6. The fourth-order valence-electron chi connectivity index (χ4n) is 3.04. The summed E-state index contributed by atoms with van der Waals surface area (Å²) in [6.07, 6.45) is 1.99. The molecule has 0 bridgehead atoms. The van der Waals surface area contributed by atoms with Crippen molar-refractivity contribution in [3.05, 3.63) is 65.2 Å². The minimum atomic E-state index is -0.0698. The number of amides is 1. The first-order valence-corrected chi connectivity index (χ1v) is 8.23. The standard InChI is InChI=1S/C20H23NO2/c1-14(2)15-7-10-17(11-8-15)23-13-20(22)21-19-12-9-16-5-3-4-6-18(16)19/h3-8,10-11,14,19H,9,12-13H2,1-2H3,(H,21,22). The Kier molecular flexibility index (Phi) is 4.65. The Balaban J connectivity index is 1.52. The molecule has 0 radical (unpaired) electrons. The summed E-state index contributed by atoms with van der Waals surface area (Å²) < 4.78 is 5.59. The zero-order chi connectivity index (χ0) is 16.2. The molecule has 120 valence electrons. The van der Waals surface area contributed by atoms with Gasteiger partial charge in [0.1, 0.15) is 5.75 Å². The Hall–Kier alpha value is -2.29. The van der Waals surface area contributed by atoms with Crippen LogP contribution in [0.5, 0.6) is 5.75 Å². The first-order valence-electron chi connectivity index (χ1n) is 8.23. The maximum absolute atomic E-state index is 12.1. The maximum atomic E-state index is 12.1. The van der Waals surface area contributed by atoms with E-state index in [0.717, 1.165) is 18.6 Å². The number of ether oxygens (including phenoxy) is 1. The molecular formula is C20H23NO2. The SMILES string of the molecule is CC(C)c1ccc(OCC(=O)NC2CCc3ccccc32)cc1. The molecule has 23 heavy (non-hydrogen) atoms. The van der Waals surface area contributed by atoms with Crippen molar-refractivity contribution in [1.82, 2.24) is 5.32 Å². The van der Waals surface area contributed by atoms with Crippen LogP contribution >= 0.6 is 0 Å². The van der Waals surface area contributed by atoms with E-state index in [4.69, 9.17) is 4.74 Å². The van der Waals surface area contributed by atoms with Gasteiger partial charge in [0.15, 0.2) is 6.61 Å². The zero-order valence-electron chi connectivity index (χ0n) is 13.7. The average Bonchev–Trinajstić information content (AvgIpc) is 2.96. The third kappa shape index (κ3) is 3.73. The van der Waals surface area contributed by atoms with E-state index in [-0.39, 0.29) is 18.6 Å². The highest BCUT2D eigenvalue weighted by Gasteiger charge is 2.23. The van der Waals surface area contributed by atoms with Crippen LogP contribution in [-0.4, -0.2) is 12.5 Å². The number of hydrogen-bond donors (Lipinski definition) is 1. The summed E-state index contributed by atoms with van der Waals surface area (Å²) in [4.78, 5) is 12.1. The lowest BCUT2D eigenvalue weighted by molar-refractivity contribution is -0.123. The van der Waals surface area contributed by atoms with Crippen molar-refractivity contribution in [1.29, 1.82) is 0 Å². The summed E-state index contributed by atoms with van der Waals surface area (Å²) >= 11 is 0. The van der Waals surface area contributed by atoms with E-state index in [0.29, 0.717) is 5.92 Å². The van der Waals surface area contributed by atoms with Crippen LogP contribution in [0.25, 0.3) is 0 Å². The molecule has 3 nitrogen and oxygen atoms in total. The quantitative estimate of drug-likeness (QED) is 0.907. The number of rotatable bonds is 5. The smallest absolute Gasteiger partial charge is 0.258 e. The normalized spacial score (nSPS) is 16.2. The molecule has 1 unspecified atom stereocenters. The largest absolute Gasteiger partial charge is 0.484 e. The lowest BCUT2D eigenvalue weighted by Gasteiger charge is -2.14. The van der Waals surface area contributed by atoms with Crippen LogP contribution in [0, 0.1) is 0 Å². The summed E-state index contributed by atoms with van der Waals surface area (Å²) in [7, 11) is 0. The molecule has 0 heterocycles. The molecule has 1 atom stereocenters. The highest BCUT2D eigenvalue weighted by molar-refractivity contribution is 5.78. The highest BCUT2D eigenvalue weighted by atomic mass is 16.5. The molecule has 3 heteroatoms. The van der Waals surface area contributed by atoms with E-state index in [1.807, 2.05) is 36.4 Å². The van der Waals surface area contributed by atoms with Crippen molar-refractivity contribution < 1.29 is 9.53 Å². The second kappa shape index (κ2) is 6.86. The van der Waals surface area contributed by atoms with E-state index in [1.165, 1.54) is 16.7 Å². The highest BCUT2D eigenvalue weighted by Crippen LogP contribution is 2.30. The van der Waals surface area contributed by atoms with Crippen LogP contribution in [0.4, 0.5) is 0 Å². The van der Waals surface area contributed by atoms with E-state index >= 15 is 0 Å². The van der Waals surface area contributed by atoms with Crippen molar-refractivity contribution in [3.63, 3.8) is 0 Å². The summed E-state index contributed by atoms with van der Waals surface area (Å²) in [5.74, 6) is 1.16. The minimum Gasteiger partial charge on any atom is -0.484 e. The molecule has 2 aromatic rings. The lowest BCUT2D eigenvalue weighted by atomic mass is 10.0. The fraction of sp³-hybridized carbons (Fsp3) is 0.350. The van der Waals surface area contributed by atoms with E-state index in [2.05, 4.69) is 31.3 Å². The van der Waals surface area contributed by atoms with Gasteiger partial charge in [-0.3, -0.25) is 4.79 Å². The zero-order valence-corrected chi connectivity index (χ0v) is 13.7. The topological polar surface area (TPSA) is 38.3 Å². The number of hydrogen-bond acceptors (Lipinski definition) is 2. The van der Waals surface area contributed by atoms with Gasteiger partial charge in [-0.05, 0) is 47.6 Å². The Bertz CT molecular complexity index is 676. The number of nitrogens with one attached hydrogen (secondary N) is 1. The molecule has 1 aliphatic carbocycles. The van der Waals surface area contributed by atoms with Crippen LogP contribution < -0.4 is 10.1 Å². The Morgan fingerprint density at radius 1 is 1.17 bits per heavy atom. The predicted octanol–water partition coefficient (Wildman–Crippen LogP) is 3.99. The summed E-state index contributed by atoms with van der Waals surface area (Å²) in [5.41, 5.74) is 3.84. The number of benzene rings is 2. The van der Waals surface area contributed by atoms with Gasteiger partial charge < -0.3 is 10.1 Å². The fourth-order valence-corrected chi connectivity index (χ4v) is 3.04. The average molecular weight is 309 g/mol. The van der Waals surface area contributed by atoms with Gasteiger partial charge in [0.25, 0.3) is 5.91 Å². The molecular weight excluding hydrogens is 286 g/mol. The van der Waals surface area contributed by atoms with Gasteiger partial charge in [-0.2, -0.15) is 0 Å². The van der Waals surface area contributed by atoms with Gasteiger partial charge in [-0.1, -0.05) is 50.2 Å². The second-order valence-corrected chi connectivity index (χ2v) is 6.37. The second-order valence-electron chi connectivity index (χ2n) is 6.37. The van der Waals surface area contributed by atoms with E-state index in [9.17, 15) is 4.79 Å². The number of aryl methyl sites for hydroxylation is 1. The van der Waals surface area contributed by atoms with Crippen LogP contribution in [0.3, 0.4) is 0 Å². The molecule has 0 fully saturated rings. The van der Waals surface area contributed by atoms with Gasteiger partial charge in [0, 0.05) is 0 Å². The molecule has 1 aliphatic rings. The molecule has 0 spiro atoms. The Morgan fingerprint density at radius 3 is 2.65 bits per heavy atom. The van der Waals surface area contributed by atoms with Gasteiger partial charge in [0.05, 0.1) is 6.04 Å².